The predicted octanol–water partition coefficient (Wildman–Crippen LogP) is 5.24. The van der Waals surface area contributed by atoms with E-state index in [0.29, 0.717) is 5.92 Å². The van der Waals surface area contributed by atoms with Gasteiger partial charge in [0.25, 0.3) is 5.56 Å². The second-order valence-electron chi connectivity index (χ2n) is 7.96. The first kappa shape index (κ1) is 18.8. The molecule has 140 valence electrons. The molecule has 1 heterocycles. The van der Waals surface area contributed by atoms with Gasteiger partial charge < -0.3 is 9.72 Å². The fourth-order valence-corrected chi connectivity index (χ4v) is 3.92. The van der Waals surface area contributed by atoms with Crippen LogP contribution in [0.15, 0.2) is 41.2 Å². The lowest BCUT2D eigenvalue weighted by molar-refractivity contribution is 0.101. The number of nitrogens with one attached hydrogen (secondary N) is 1. The van der Waals surface area contributed by atoms with Crippen molar-refractivity contribution in [1.29, 1.82) is 0 Å². The Bertz CT molecular complexity index is 764. The van der Waals surface area contributed by atoms with Crippen LogP contribution in [0.3, 0.4) is 0 Å². The third-order valence-corrected chi connectivity index (χ3v) is 5.50. The molecule has 3 rings (SSSR count). The molecule has 1 saturated carbocycles. The highest BCUT2D eigenvalue weighted by molar-refractivity contribution is 5.36. The van der Waals surface area contributed by atoms with Gasteiger partial charge in [0.15, 0.2) is 0 Å². The highest BCUT2D eigenvalue weighted by Crippen LogP contribution is 2.31. The van der Waals surface area contributed by atoms with Crippen molar-refractivity contribution in [2.45, 2.75) is 71.3 Å². The average molecular weight is 354 g/mol. The number of benzene rings is 1. The average Bonchev–Trinajstić information content (AvgIpc) is 2.62. The van der Waals surface area contributed by atoms with E-state index in [0.717, 1.165) is 36.3 Å². The molecule has 1 fully saturated rings. The monoisotopic (exact) mass is 353 g/mol. The molecule has 1 aromatic carbocycles. The van der Waals surface area contributed by atoms with Gasteiger partial charge in [0.1, 0.15) is 11.9 Å². The van der Waals surface area contributed by atoms with Crippen LogP contribution in [0.2, 0.25) is 0 Å². The molecule has 2 atom stereocenters. The van der Waals surface area contributed by atoms with E-state index in [-0.39, 0.29) is 17.6 Å². The first-order valence-electron chi connectivity index (χ1n) is 10.0. The summed E-state index contributed by atoms with van der Waals surface area (Å²) < 4.78 is 6.41. The number of H-pyrrole nitrogens is 1. The number of rotatable bonds is 6. The summed E-state index contributed by atoms with van der Waals surface area (Å²) in [6, 6.07) is 12.5. The molecule has 1 aliphatic carbocycles. The van der Waals surface area contributed by atoms with Crippen LogP contribution >= 0.6 is 0 Å². The van der Waals surface area contributed by atoms with Crippen LogP contribution in [0, 0.1) is 5.92 Å². The van der Waals surface area contributed by atoms with Crippen LogP contribution in [0.5, 0.6) is 5.75 Å². The fourth-order valence-electron chi connectivity index (χ4n) is 3.92. The van der Waals surface area contributed by atoms with Gasteiger partial charge in [-0.1, -0.05) is 57.5 Å². The molecular formula is C23H31NO2. The minimum Gasteiger partial charge on any atom is -0.490 e. The molecule has 0 saturated heterocycles. The molecule has 26 heavy (non-hydrogen) atoms. The van der Waals surface area contributed by atoms with Crippen LogP contribution in [0.25, 0.3) is 0 Å². The van der Waals surface area contributed by atoms with Crippen molar-refractivity contribution in [2.24, 2.45) is 5.92 Å². The minimum absolute atomic E-state index is 0.00373. The molecule has 3 nitrogen and oxygen atoms in total. The van der Waals surface area contributed by atoms with E-state index >= 15 is 0 Å². The van der Waals surface area contributed by atoms with Crippen molar-refractivity contribution in [2.75, 3.05) is 0 Å². The maximum Gasteiger partial charge on any atom is 0.255 e. The number of hydrogen-bond donors (Lipinski definition) is 1. The minimum atomic E-state index is 0.00373. The largest absolute Gasteiger partial charge is 0.490 e. The molecule has 3 heteroatoms. The lowest BCUT2D eigenvalue weighted by atomic mass is 9.88. The van der Waals surface area contributed by atoms with E-state index in [2.05, 4.69) is 56.1 Å². The van der Waals surface area contributed by atoms with Crippen LogP contribution < -0.4 is 10.3 Å². The van der Waals surface area contributed by atoms with E-state index < -0.39 is 0 Å². The second kappa shape index (κ2) is 8.57. The first-order valence-corrected chi connectivity index (χ1v) is 10.0. The Morgan fingerprint density at radius 2 is 1.85 bits per heavy atom. The Morgan fingerprint density at radius 3 is 2.54 bits per heavy atom. The third kappa shape index (κ3) is 4.57. The summed E-state index contributed by atoms with van der Waals surface area (Å²) in [4.78, 5) is 15.8. The van der Waals surface area contributed by atoms with Gasteiger partial charge in [-0.05, 0) is 49.5 Å². The summed E-state index contributed by atoms with van der Waals surface area (Å²) in [5.74, 6) is 1.50. The topological polar surface area (TPSA) is 42.1 Å². The number of aromatic nitrogens is 1. The molecule has 0 radical (unpaired) electrons. The van der Waals surface area contributed by atoms with Gasteiger partial charge in [-0.3, -0.25) is 4.79 Å². The summed E-state index contributed by atoms with van der Waals surface area (Å²) in [5, 5.41) is 0. The van der Waals surface area contributed by atoms with E-state index in [1.165, 1.54) is 24.8 Å². The Morgan fingerprint density at radius 1 is 1.12 bits per heavy atom. The first-order chi connectivity index (χ1) is 12.5. The quantitative estimate of drug-likeness (QED) is 0.771. The normalized spacial score (nSPS) is 20.3. The van der Waals surface area contributed by atoms with Gasteiger partial charge in [0, 0.05) is 11.8 Å². The number of aromatic amines is 1. The Hall–Kier alpha value is -2.03. The van der Waals surface area contributed by atoms with Gasteiger partial charge in [0.05, 0.1) is 5.56 Å². The van der Waals surface area contributed by atoms with Gasteiger partial charge in [-0.25, -0.2) is 0 Å². The Labute approximate surface area is 156 Å². The van der Waals surface area contributed by atoms with Crippen molar-refractivity contribution in [3.63, 3.8) is 0 Å². The van der Waals surface area contributed by atoms with E-state index in [1.54, 1.807) is 0 Å². The van der Waals surface area contributed by atoms with Crippen molar-refractivity contribution in [3.8, 4) is 5.75 Å². The molecule has 1 aliphatic rings. The third-order valence-electron chi connectivity index (χ3n) is 5.50. The maximum atomic E-state index is 12.7. The Kier molecular flexibility index (Phi) is 6.18. The molecule has 0 unspecified atom stereocenters. The highest BCUT2D eigenvalue weighted by Gasteiger charge is 2.25. The number of hydrogen-bond acceptors (Lipinski definition) is 2. The molecule has 2 aromatic rings. The fraction of sp³-hybridized carbons (Fsp3) is 0.522. The van der Waals surface area contributed by atoms with Crippen molar-refractivity contribution >= 4 is 0 Å². The smallest absolute Gasteiger partial charge is 0.255 e. The van der Waals surface area contributed by atoms with Crippen LogP contribution in [0.4, 0.5) is 0 Å². The number of ether oxygens (including phenoxy) is 1. The SMILES string of the molecule is CC(C)c1c(O[C@H]2CCCC[C@H]2C)cc(CCc2ccccc2)[nH]c1=O. The zero-order valence-electron chi connectivity index (χ0n) is 16.3. The van der Waals surface area contributed by atoms with E-state index in [9.17, 15) is 4.79 Å². The summed E-state index contributed by atoms with van der Waals surface area (Å²) in [7, 11) is 0. The van der Waals surface area contributed by atoms with Crippen molar-refractivity contribution in [3.05, 3.63) is 63.6 Å². The molecule has 0 amide bonds. The molecule has 0 aliphatic heterocycles. The standard InChI is InChI=1S/C23H31NO2/c1-16(2)22-21(26-20-12-8-7-9-17(20)3)15-19(24-23(22)25)14-13-18-10-5-4-6-11-18/h4-6,10-11,15-17,20H,7-9,12-14H2,1-3H3,(H,24,25)/t17-,20+/m1/s1. The van der Waals surface area contributed by atoms with Crippen LogP contribution in [-0.4, -0.2) is 11.1 Å². The summed E-state index contributed by atoms with van der Waals surface area (Å²) in [5.41, 5.74) is 3.03. The predicted molar refractivity (Wildman–Crippen MR) is 107 cm³/mol. The maximum absolute atomic E-state index is 12.7. The van der Waals surface area contributed by atoms with Gasteiger partial charge in [0.2, 0.25) is 0 Å². The molecule has 0 spiro atoms. The van der Waals surface area contributed by atoms with Crippen LogP contribution in [0.1, 0.15) is 69.2 Å². The molecule has 1 aromatic heterocycles. The van der Waals surface area contributed by atoms with Gasteiger partial charge >= 0.3 is 0 Å². The second-order valence-corrected chi connectivity index (χ2v) is 7.96. The number of aryl methyl sites for hydroxylation is 2. The summed E-state index contributed by atoms with van der Waals surface area (Å²) >= 11 is 0. The lowest BCUT2D eigenvalue weighted by Crippen LogP contribution is -2.30. The van der Waals surface area contributed by atoms with E-state index in [1.807, 2.05) is 6.07 Å². The van der Waals surface area contributed by atoms with Gasteiger partial charge in [-0.15, -0.1) is 0 Å². The van der Waals surface area contributed by atoms with Crippen molar-refractivity contribution < 1.29 is 4.74 Å². The molecule has 1 N–H and O–H groups in total. The lowest BCUT2D eigenvalue weighted by Gasteiger charge is -2.30. The van der Waals surface area contributed by atoms with Crippen LogP contribution in [-0.2, 0) is 12.8 Å². The highest BCUT2D eigenvalue weighted by atomic mass is 16.5. The zero-order chi connectivity index (χ0) is 18.5. The molecular weight excluding hydrogens is 322 g/mol. The van der Waals surface area contributed by atoms with E-state index in [4.69, 9.17) is 4.74 Å². The summed E-state index contributed by atoms with van der Waals surface area (Å²) in [6.45, 7) is 6.39. The zero-order valence-corrected chi connectivity index (χ0v) is 16.3. The van der Waals surface area contributed by atoms with Crippen molar-refractivity contribution in [1.82, 2.24) is 4.98 Å². The number of pyridine rings is 1. The van der Waals surface area contributed by atoms with Gasteiger partial charge in [-0.2, -0.15) is 0 Å². The Balaban J connectivity index is 1.83. The molecule has 0 bridgehead atoms. The summed E-state index contributed by atoms with van der Waals surface area (Å²) in [6.07, 6.45) is 6.76.